The molecule has 0 aliphatic rings. The van der Waals surface area contributed by atoms with Crippen LogP contribution < -0.4 is 0 Å². The molecule has 120 valence electrons. The van der Waals surface area contributed by atoms with Crippen LogP contribution in [0.2, 0.25) is 0 Å². The summed E-state index contributed by atoms with van der Waals surface area (Å²) in [6.45, 7) is 6.36. The van der Waals surface area contributed by atoms with Gasteiger partial charge in [-0.05, 0) is 26.2 Å². The van der Waals surface area contributed by atoms with E-state index in [1.165, 1.54) is 0 Å². The first-order chi connectivity index (χ1) is 9.41. The number of aliphatic hydroxyl groups is 1. The molecule has 0 aliphatic carbocycles. The van der Waals surface area contributed by atoms with Crippen molar-refractivity contribution in [3.05, 3.63) is 0 Å². The number of methoxy groups -OCH3 is 1. The highest BCUT2D eigenvalue weighted by Gasteiger charge is 2.38. The molecule has 0 aromatic carbocycles. The van der Waals surface area contributed by atoms with E-state index in [1.54, 1.807) is 7.11 Å². The second kappa shape index (κ2) is 10.1. The van der Waals surface area contributed by atoms with Gasteiger partial charge in [-0.2, -0.15) is 0 Å². The number of aliphatic hydroxyl groups excluding tert-OH is 1. The second-order valence-corrected chi connectivity index (χ2v) is 5.50. The van der Waals surface area contributed by atoms with Crippen LogP contribution in [-0.4, -0.2) is 48.7 Å². The Labute approximate surface area is 122 Å². The Morgan fingerprint density at radius 3 is 2.40 bits per heavy atom. The normalized spacial score (nSPS) is 17.4. The van der Waals surface area contributed by atoms with E-state index in [0.717, 1.165) is 12.8 Å². The average Bonchev–Trinajstić information content (AvgIpc) is 2.41. The molecule has 0 heterocycles. The number of carboxylic acid groups (broad SMARTS) is 1. The Bertz CT molecular complexity index is 269. The van der Waals surface area contributed by atoms with Crippen LogP contribution in [0.25, 0.3) is 0 Å². The smallest absolute Gasteiger partial charge is 0.309 e. The Morgan fingerprint density at radius 2 is 1.95 bits per heavy atom. The summed E-state index contributed by atoms with van der Waals surface area (Å²) in [5, 5.41) is 19.5. The summed E-state index contributed by atoms with van der Waals surface area (Å²) in [5.74, 6) is -0.822. The van der Waals surface area contributed by atoms with E-state index in [1.807, 2.05) is 20.8 Å². The topological polar surface area (TPSA) is 76.0 Å². The third kappa shape index (κ3) is 6.68. The van der Waals surface area contributed by atoms with Gasteiger partial charge < -0.3 is 19.7 Å². The lowest BCUT2D eigenvalue weighted by atomic mass is 9.76. The number of carboxylic acids is 1. The minimum atomic E-state index is -0.844. The summed E-state index contributed by atoms with van der Waals surface area (Å²) >= 11 is 0. The van der Waals surface area contributed by atoms with Gasteiger partial charge in [0.15, 0.2) is 0 Å². The van der Waals surface area contributed by atoms with Gasteiger partial charge in [0.2, 0.25) is 0 Å². The lowest BCUT2D eigenvalue weighted by Crippen LogP contribution is -2.36. The van der Waals surface area contributed by atoms with Crippen molar-refractivity contribution < 1.29 is 24.5 Å². The molecule has 5 nitrogen and oxygen atoms in total. The fourth-order valence-electron chi connectivity index (χ4n) is 2.35. The molecule has 0 bridgehead atoms. The van der Waals surface area contributed by atoms with Gasteiger partial charge in [0, 0.05) is 7.11 Å². The first-order valence-electron chi connectivity index (χ1n) is 7.43. The fraction of sp³-hybridized carbons (Fsp3) is 0.933. The van der Waals surface area contributed by atoms with E-state index in [-0.39, 0.29) is 19.1 Å². The molecule has 0 amide bonds. The number of carbonyl (C=O) groups is 1. The van der Waals surface area contributed by atoms with Crippen LogP contribution in [-0.2, 0) is 14.3 Å². The Kier molecular flexibility index (Phi) is 9.80. The third-order valence-electron chi connectivity index (χ3n) is 3.74. The molecule has 0 saturated carbocycles. The van der Waals surface area contributed by atoms with E-state index in [0.29, 0.717) is 19.4 Å². The van der Waals surface area contributed by atoms with Gasteiger partial charge in [-0.1, -0.05) is 26.7 Å². The van der Waals surface area contributed by atoms with Crippen molar-refractivity contribution >= 4 is 5.97 Å². The predicted octanol–water partition coefficient (Wildman–Crippen LogP) is 2.46. The van der Waals surface area contributed by atoms with Gasteiger partial charge in [0.1, 0.15) is 0 Å². The number of hydrogen-bond acceptors (Lipinski definition) is 4. The van der Waals surface area contributed by atoms with Gasteiger partial charge in [-0.15, -0.1) is 0 Å². The summed E-state index contributed by atoms with van der Waals surface area (Å²) in [6, 6.07) is 0. The molecule has 0 saturated heterocycles. The van der Waals surface area contributed by atoms with Crippen molar-refractivity contribution in [1.82, 2.24) is 0 Å². The minimum absolute atomic E-state index is 0.105. The van der Waals surface area contributed by atoms with Gasteiger partial charge in [0.05, 0.1) is 30.8 Å². The number of aliphatic carboxylic acids is 1. The minimum Gasteiger partial charge on any atom is -0.481 e. The molecule has 0 rings (SSSR count). The largest absolute Gasteiger partial charge is 0.481 e. The van der Waals surface area contributed by atoms with Gasteiger partial charge in [-0.3, -0.25) is 4.79 Å². The maximum absolute atomic E-state index is 11.6. The molecule has 3 atom stereocenters. The van der Waals surface area contributed by atoms with Gasteiger partial charge in [-0.25, -0.2) is 0 Å². The maximum Gasteiger partial charge on any atom is 0.309 e. The Morgan fingerprint density at radius 1 is 1.30 bits per heavy atom. The van der Waals surface area contributed by atoms with E-state index in [2.05, 4.69) is 0 Å². The van der Waals surface area contributed by atoms with Crippen molar-refractivity contribution in [2.24, 2.45) is 5.41 Å². The zero-order valence-electron chi connectivity index (χ0n) is 13.2. The molecular weight excluding hydrogens is 260 g/mol. The van der Waals surface area contributed by atoms with Crippen LogP contribution in [0, 0.1) is 5.41 Å². The molecule has 0 aliphatic heterocycles. The van der Waals surface area contributed by atoms with Crippen LogP contribution in [0.3, 0.4) is 0 Å². The third-order valence-corrected chi connectivity index (χ3v) is 3.74. The Balaban J connectivity index is 4.45. The van der Waals surface area contributed by atoms with Crippen molar-refractivity contribution in [2.45, 2.75) is 65.1 Å². The first-order valence-corrected chi connectivity index (χ1v) is 7.43. The van der Waals surface area contributed by atoms with Crippen LogP contribution in [0.4, 0.5) is 0 Å². The van der Waals surface area contributed by atoms with Crippen molar-refractivity contribution in [1.29, 1.82) is 0 Å². The maximum atomic E-state index is 11.6. The Hall–Kier alpha value is -0.650. The van der Waals surface area contributed by atoms with Crippen LogP contribution in [0.1, 0.15) is 52.9 Å². The second-order valence-electron chi connectivity index (χ2n) is 5.50. The van der Waals surface area contributed by atoms with Crippen LogP contribution in [0.5, 0.6) is 0 Å². The lowest BCUT2D eigenvalue weighted by Gasteiger charge is -2.30. The highest BCUT2D eigenvalue weighted by molar-refractivity contribution is 5.74. The molecule has 3 unspecified atom stereocenters. The predicted molar refractivity (Wildman–Crippen MR) is 77.8 cm³/mol. The van der Waals surface area contributed by atoms with E-state index >= 15 is 0 Å². The number of hydrogen-bond donors (Lipinski definition) is 2. The SMILES string of the molecule is CCCCC(CC)(CC(O)COC(C)COC)C(=O)O. The van der Waals surface area contributed by atoms with Gasteiger partial charge >= 0.3 is 5.97 Å². The van der Waals surface area contributed by atoms with Crippen LogP contribution in [0.15, 0.2) is 0 Å². The quantitative estimate of drug-likeness (QED) is 0.577. The zero-order chi connectivity index (χ0) is 15.6. The van der Waals surface area contributed by atoms with Crippen molar-refractivity contribution in [3.63, 3.8) is 0 Å². The van der Waals surface area contributed by atoms with E-state index < -0.39 is 17.5 Å². The number of unbranched alkanes of at least 4 members (excludes halogenated alkanes) is 1. The molecule has 20 heavy (non-hydrogen) atoms. The molecule has 0 fully saturated rings. The average molecular weight is 290 g/mol. The van der Waals surface area contributed by atoms with Crippen LogP contribution >= 0.6 is 0 Å². The highest BCUT2D eigenvalue weighted by atomic mass is 16.5. The zero-order valence-corrected chi connectivity index (χ0v) is 13.2. The molecular formula is C15H30O5. The summed E-state index contributed by atoms with van der Waals surface area (Å²) in [5.41, 5.74) is -0.844. The van der Waals surface area contributed by atoms with Crippen molar-refractivity contribution in [3.8, 4) is 0 Å². The molecule has 0 radical (unpaired) electrons. The summed E-state index contributed by atoms with van der Waals surface area (Å²) in [6.07, 6.45) is 2.29. The highest BCUT2D eigenvalue weighted by Crippen LogP contribution is 2.34. The lowest BCUT2D eigenvalue weighted by molar-refractivity contribution is -0.153. The first kappa shape index (κ1) is 19.4. The van der Waals surface area contributed by atoms with Gasteiger partial charge in [0.25, 0.3) is 0 Å². The monoisotopic (exact) mass is 290 g/mol. The number of rotatable bonds is 12. The van der Waals surface area contributed by atoms with Crippen molar-refractivity contribution in [2.75, 3.05) is 20.3 Å². The fourth-order valence-corrected chi connectivity index (χ4v) is 2.35. The van der Waals surface area contributed by atoms with E-state index in [9.17, 15) is 15.0 Å². The number of ether oxygens (including phenoxy) is 2. The molecule has 0 spiro atoms. The van der Waals surface area contributed by atoms with E-state index in [4.69, 9.17) is 9.47 Å². The molecule has 0 aromatic rings. The molecule has 2 N–H and O–H groups in total. The molecule has 0 aromatic heterocycles. The standard InChI is InChI=1S/C15H30O5/c1-5-7-8-15(6-2,14(17)18)9-13(16)11-20-12(3)10-19-4/h12-13,16H,5-11H2,1-4H3,(H,17,18). The summed E-state index contributed by atoms with van der Waals surface area (Å²) in [4.78, 5) is 11.6. The summed E-state index contributed by atoms with van der Waals surface area (Å²) in [7, 11) is 1.59. The molecule has 5 heteroatoms. The summed E-state index contributed by atoms with van der Waals surface area (Å²) < 4.78 is 10.4.